The number of carbonyl (C=O) groups is 1. The monoisotopic (exact) mass is 445 g/mol. The molecule has 3 aromatic carbocycles. The summed E-state index contributed by atoms with van der Waals surface area (Å²) >= 11 is 0. The third-order valence-electron chi connectivity index (χ3n) is 5.77. The minimum atomic E-state index is -0.384. The summed E-state index contributed by atoms with van der Waals surface area (Å²) < 4.78 is 1.58. The van der Waals surface area contributed by atoms with E-state index in [9.17, 15) is 9.59 Å². The standard InChI is InChI=1S/C29H23N3O2/c1-21-14-16-22(17-15-21)20-31-27-23(9-8-18-30-27)19-26(28(31)33)29(34)32(24-10-4-2-5-11-24)25-12-6-3-7-13-25/h2-19H,20H2,1H3. The molecule has 166 valence electrons. The van der Waals surface area contributed by atoms with E-state index in [1.807, 2.05) is 104 Å². The van der Waals surface area contributed by atoms with Crippen LogP contribution in [0, 0.1) is 6.92 Å². The zero-order chi connectivity index (χ0) is 23.5. The van der Waals surface area contributed by atoms with Crippen LogP contribution in [-0.2, 0) is 6.54 Å². The van der Waals surface area contributed by atoms with Crippen molar-refractivity contribution >= 4 is 28.3 Å². The first-order valence-corrected chi connectivity index (χ1v) is 11.1. The average Bonchev–Trinajstić information content (AvgIpc) is 2.88. The largest absolute Gasteiger partial charge is 0.288 e. The Balaban J connectivity index is 1.68. The van der Waals surface area contributed by atoms with Crippen molar-refractivity contribution in [2.24, 2.45) is 0 Å². The number of hydrogen-bond acceptors (Lipinski definition) is 3. The smallest absolute Gasteiger partial charge is 0.268 e. The number of aryl methyl sites for hydroxylation is 1. The van der Waals surface area contributed by atoms with E-state index < -0.39 is 0 Å². The van der Waals surface area contributed by atoms with Gasteiger partial charge in [-0.05, 0) is 55.0 Å². The topological polar surface area (TPSA) is 55.2 Å². The molecule has 34 heavy (non-hydrogen) atoms. The number of nitrogens with zero attached hydrogens (tertiary/aromatic N) is 3. The molecule has 0 aliphatic heterocycles. The molecule has 0 radical (unpaired) electrons. The van der Waals surface area contributed by atoms with Gasteiger partial charge in [0.25, 0.3) is 11.5 Å². The molecule has 1 amide bonds. The predicted molar refractivity (Wildman–Crippen MR) is 136 cm³/mol. The molecule has 5 rings (SSSR count). The predicted octanol–water partition coefficient (Wildman–Crippen LogP) is 5.73. The number of aromatic nitrogens is 2. The number of rotatable bonds is 5. The summed E-state index contributed by atoms with van der Waals surface area (Å²) in [7, 11) is 0. The van der Waals surface area contributed by atoms with Gasteiger partial charge in [-0.3, -0.25) is 19.1 Å². The molecule has 0 aliphatic rings. The van der Waals surface area contributed by atoms with Crippen molar-refractivity contribution < 1.29 is 4.79 Å². The van der Waals surface area contributed by atoms with Crippen LogP contribution in [0.2, 0.25) is 0 Å². The number of para-hydroxylation sites is 2. The molecular weight excluding hydrogens is 422 g/mol. The molecule has 5 aromatic rings. The molecule has 2 aromatic heterocycles. The highest BCUT2D eigenvalue weighted by atomic mass is 16.2. The number of fused-ring (bicyclic) bond motifs is 1. The lowest BCUT2D eigenvalue weighted by molar-refractivity contribution is 0.0997. The third kappa shape index (κ3) is 4.11. The Kier molecular flexibility index (Phi) is 5.75. The van der Waals surface area contributed by atoms with Crippen molar-refractivity contribution in [1.82, 2.24) is 9.55 Å². The van der Waals surface area contributed by atoms with E-state index in [0.717, 1.165) is 16.5 Å². The summed E-state index contributed by atoms with van der Waals surface area (Å²) in [5, 5.41) is 0.735. The Bertz CT molecular complexity index is 1470. The number of anilines is 2. The second kappa shape index (κ2) is 9.16. The second-order valence-electron chi connectivity index (χ2n) is 8.16. The molecule has 0 fully saturated rings. The van der Waals surface area contributed by atoms with E-state index in [2.05, 4.69) is 4.98 Å². The molecule has 0 atom stereocenters. The number of amides is 1. The normalized spacial score (nSPS) is 10.9. The first-order chi connectivity index (χ1) is 16.6. The third-order valence-corrected chi connectivity index (χ3v) is 5.77. The van der Waals surface area contributed by atoms with E-state index in [4.69, 9.17) is 0 Å². The fraction of sp³-hybridized carbons (Fsp3) is 0.0690. The van der Waals surface area contributed by atoms with Gasteiger partial charge >= 0.3 is 0 Å². The molecule has 0 unspecified atom stereocenters. The maximum atomic E-state index is 14.0. The van der Waals surface area contributed by atoms with Crippen molar-refractivity contribution in [3.63, 3.8) is 0 Å². The van der Waals surface area contributed by atoms with E-state index in [0.29, 0.717) is 23.6 Å². The van der Waals surface area contributed by atoms with E-state index in [1.54, 1.807) is 21.7 Å². The summed E-state index contributed by atoms with van der Waals surface area (Å²) in [6.07, 6.45) is 1.66. The van der Waals surface area contributed by atoms with Crippen LogP contribution in [-0.4, -0.2) is 15.5 Å². The van der Waals surface area contributed by atoms with Crippen LogP contribution >= 0.6 is 0 Å². The van der Waals surface area contributed by atoms with Gasteiger partial charge in [0.1, 0.15) is 11.2 Å². The van der Waals surface area contributed by atoms with Crippen molar-refractivity contribution in [1.29, 1.82) is 0 Å². The Morgan fingerprint density at radius 1 is 0.824 bits per heavy atom. The van der Waals surface area contributed by atoms with Crippen molar-refractivity contribution in [3.05, 3.63) is 136 Å². The van der Waals surface area contributed by atoms with Crippen LogP contribution in [0.5, 0.6) is 0 Å². The molecule has 0 saturated carbocycles. The molecule has 0 bridgehead atoms. The number of pyridine rings is 2. The van der Waals surface area contributed by atoms with E-state index in [-0.39, 0.29) is 17.0 Å². The van der Waals surface area contributed by atoms with Crippen LogP contribution in [0.15, 0.2) is 114 Å². The highest BCUT2D eigenvalue weighted by Gasteiger charge is 2.24. The van der Waals surface area contributed by atoms with Gasteiger partial charge in [0.05, 0.1) is 6.54 Å². The van der Waals surface area contributed by atoms with Crippen LogP contribution in [0.3, 0.4) is 0 Å². The summed E-state index contributed by atoms with van der Waals surface area (Å²) in [6.45, 7) is 2.35. The quantitative estimate of drug-likeness (QED) is 0.347. The number of carbonyl (C=O) groups excluding carboxylic acids is 1. The Hall–Kier alpha value is -4.51. The number of benzene rings is 3. The fourth-order valence-corrected chi connectivity index (χ4v) is 4.04. The van der Waals surface area contributed by atoms with Gasteiger partial charge in [0.2, 0.25) is 0 Å². The lowest BCUT2D eigenvalue weighted by Gasteiger charge is -2.23. The first-order valence-electron chi connectivity index (χ1n) is 11.1. The average molecular weight is 446 g/mol. The van der Waals surface area contributed by atoms with Crippen molar-refractivity contribution in [2.45, 2.75) is 13.5 Å². The molecule has 0 aliphatic carbocycles. The van der Waals surface area contributed by atoms with Gasteiger partial charge < -0.3 is 0 Å². The molecule has 2 heterocycles. The highest BCUT2D eigenvalue weighted by Crippen LogP contribution is 2.27. The Morgan fingerprint density at radius 3 is 2.06 bits per heavy atom. The molecule has 0 N–H and O–H groups in total. The van der Waals surface area contributed by atoms with E-state index >= 15 is 0 Å². The van der Waals surface area contributed by atoms with Gasteiger partial charge in [-0.2, -0.15) is 0 Å². The second-order valence-corrected chi connectivity index (χ2v) is 8.16. The first kappa shape index (κ1) is 21.3. The van der Waals surface area contributed by atoms with E-state index in [1.165, 1.54) is 0 Å². The highest BCUT2D eigenvalue weighted by molar-refractivity contribution is 6.11. The van der Waals surface area contributed by atoms with Gasteiger partial charge in [-0.15, -0.1) is 0 Å². The summed E-state index contributed by atoms with van der Waals surface area (Å²) in [6, 6.07) is 32.1. The number of hydrogen-bond donors (Lipinski definition) is 0. The van der Waals surface area contributed by atoms with Crippen LogP contribution < -0.4 is 10.5 Å². The maximum absolute atomic E-state index is 14.0. The van der Waals surface area contributed by atoms with Gasteiger partial charge in [-0.25, -0.2) is 4.98 Å². The van der Waals surface area contributed by atoms with Crippen LogP contribution in [0.1, 0.15) is 21.5 Å². The van der Waals surface area contributed by atoms with Crippen molar-refractivity contribution in [2.75, 3.05) is 4.90 Å². The van der Waals surface area contributed by atoms with Gasteiger partial charge in [0.15, 0.2) is 0 Å². The maximum Gasteiger partial charge on any atom is 0.268 e. The van der Waals surface area contributed by atoms with Gasteiger partial charge in [-0.1, -0.05) is 66.2 Å². The molecule has 0 spiro atoms. The summed E-state index contributed by atoms with van der Waals surface area (Å²) in [4.78, 5) is 33.7. The SMILES string of the molecule is Cc1ccc(Cn2c(=O)c(C(=O)N(c3ccccc3)c3ccccc3)cc3cccnc32)cc1. The van der Waals surface area contributed by atoms with Gasteiger partial charge in [0, 0.05) is 23.0 Å². The van der Waals surface area contributed by atoms with Crippen LogP contribution in [0.25, 0.3) is 11.0 Å². The zero-order valence-electron chi connectivity index (χ0n) is 18.8. The minimum Gasteiger partial charge on any atom is -0.288 e. The molecular formula is C29H23N3O2. The molecule has 5 nitrogen and oxygen atoms in total. The Labute approximate surface area is 197 Å². The molecule has 0 saturated heterocycles. The lowest BCUT2D eigenvalue weighted by atomic mass is 10.1. The van der Waals surface area contributed by atoms with Crippen LogP contribution in [0.4, 0.5) is 11.4 Å². The zero-order valence-corrected chi connectivity index (χ0v) is 18.8. The summed E-state index contributed by atoms with van der Waals surface area (Å²) in [5.41, 5.74) is 3.77. The minimum absolute atomic E-state index is 0.0975. The molecule has 5 heteroatoms. The lowest BCUT2D eigenvalue weighted by Crippen LogP contribution is -2.34. The summed E-state index contributed by atoms with van der Waals surface area (Å²) in [5.74, 6) is -0.384. The Morgan fingerprint density at radius 2 is 1.44 bits per heavy atom. The van der Waals surface area contributed by atoms with Crippen molar-refractivity contribution in [3.8, 4) is 0 Å². The fourth-order valence-electron chi connectivity index (χ4n) is 4.04.